The van der Waals surface area contributed by atoms with E-state index in [1.807, 2.05) is 12.1 Å². The van der Waals surface area contributed by atoms with E-state index in [1.54, 1.807) is 30.3 Å². The average molecular weight is 313 g/mol. The number of carbonyl (C=O) groups excluding carboxylic acids is 1. The van der Waals surface area contributed by atoms with Crippen LogP contribution >= 0.6 is 0 Å². The largest absolute Gasteiger partial charge is 0.508 e. The van der Waals surface area contributed by atoms with E-state index < -0.39 is 0 Å². The van der Waals surface area contributed by atoms with Crippen LogP contribution in [0.1, 0.15) is 38.3 Å². The Hall–Kier alpha value is -2.49. The number of rotatable bonds is 4. The molecule has 0 aliphatic heterocycles. The summed E-state index contributed by atoms with van der Waals surface area (Å²) in [7, 11) is 0. The van der Waals surface area contributed by atoms with Crippen LogP contribution in [0.2, 0.25) is 0 Å². The number of para-hydroxylation sites is 1. The minimum atomic E-state index is -0.199. The molecule has 0 aliphatic rings. The van der Waals surface area contributed by atoms with Crippen LogP contribution in [0.4, 0.5) is 5.69 Å². The first-order chi connectivity index (χ1) is 10.8. The van der Waals surface area contributed by atoms with Crippen LogP contribution in [0.5, 0.6) is 11.5 Å². The Morgan fingerprint density at radius 1 is 1.04 bits per heavy atom. The van der Waals surface area contributed by atoms with E-state index in [0.29, 0.717) is 12.1 Å². The van der Waals surface area contributed by atoms with Crippen molar-refractivity contribution < 1.29 is 15.0 Å². The van der Waals surface area contributed by atoms with Gasteiger partial charge in [-0.15, -0.1) is 0 Å². The predicted octanol–water partition coefficient (Wildman–Crippen LogP) is 3.97. The number of benzene rings is 2. The van der Waals surface area contributed by atoms with Gasteiger partial charge in [-0.05, 0) is 41.2 Å². The summed E-state index contributed by atoms with van der Waals surface area (Å²) in [6.45, 7) is 6.22. The van der Waals surface area contributed by atoms with Crippen LogP contribution in [0.15, 0.2) is 42.5 Å². The average Bonchev–Trinajstić information content (AvgIpc) is 2.47. The topological polar surface area (TPSA) is 69.6 Å². The number of aromatic hydroxyl groups is 2. The molecule has 0 aromatic heterocycles. The van der Waals surface area contributed by atoms with E-state index in [0.717, 1.165) is 11.1 Å². The first-order valence-corrected chi connectivity index (χ1v) is 7.67. The van der Waals surface area contributed by atoms with Gasteiger partial charge in [0.05, 0.1) is 5.69 Å². The molecule has 1 amide bonds. The lowest BCUT2D eigenvalue weighted by molar-refractivity contribution is -0.116. The molecule has 4 nitrogen and oxygen atoms in total. The molecular formula is C19H23NO3. The van der Waals surface area contributed by atoms with E-state index in [4.69, 9.17) is 0 Å². The van der Waals surface area contributed by atoms with Gasteiger partial charge in [0.1, 0.15) is 11.5 Å². The summed E-state index contributed by atoms with van der Waals surface area (Å²) in [5.41, 5.74) is 2.12. The maximum absolute atomic E-state index is 12.1. The van der Waals surface area contributed by atoms with Crippen molar-refractivity contribution in [2.24, 2.45) is 0 Å². The highest BCUT2D eigenvalue weighted by Gasteiger charge is 2.16. The van der Waals surface area contributed by atoms with Crippen molar-refractivity contribution in [3.8, 4) is 11.5 Å². The van der Waals surface area contributed by atoms with Crippen molar-refractivity contribution in [1.29, 1.82) is 0 Å². The zero-order chi connectivity index (χ0) is 17.0. The zero-order valence-corrected chi connectivity index (χ0v) is 13.8. The van der Waals surface area contributed by atoms with E-state index in [9.17, 15) is 15.0 Å². The minimum absolute atomic E-state index is 0.0499. The Bertz CT molecular complexity index is 702. The highest BCUT2D eigenvalue weighted by Crippen LogP contribution is 2.30. The fourth-order valence-corrected chi connectivity index (χ4v) is 2.29. The van der Waals surface area contributed by atoms with Crippen LogP contribution in [-0.4, -0.2) is 16.1 Å². The molecule has 0 heterocycles. The van der Waals surface area contributed by atoms with Crippen molar-refractivity contribution in [2.75, 3.05) is 5.32 Å². The predicted molar refractivity (Wildman–Crippen MR) is 91.9 cm³/mol. The van der Waals surface area contributed by atoms with Gasteiger partial charge in [0.15, 0.2) is 0 Å². The second kappa shape index (κ2) is 6.73. The van der Waals surface area contributed by atoms with Crippen molar-refractivity contribution in [1.82, 2.24) is 0 Å². The van der Waals surface area contributed by atoms with Crippen molar-refractivity contribution >= 4 is 11.6 Å². The third-order valence-corrected chi connectivity index (χ3v) is 3.75. The first-order valence-electron chi connectivity index (χ1n) is 7.67. The zero-order valence-electron chi connectivity index (χ0n) is 13.8. The maximum Gasteiger partial charge on any atom is 0.224 e. The summed E-state index contributed by atoms with van der Waals surface area (Å²) in [4.78, 5) is 12.1. The smallest absolute Gasteiger partial charge is 0.224 e. The highest BCUT2D eigenvalue weighted by molar-refractivity contribution is 5.92. The Morgan fingerprint density at radius 2 is 1.74 bits per heavy atom. The highest BCUT2D eigenvalue weighted by atomic mass is 16.3. The van der Waals surface area contributed by atoms with Gasteiger partial charge in [-0.3, -0.25) is 4.79 Å². The van der Waals surface area contributed by atoms with Crippen LogP contribution in [0.25, 0.3) is 0 Å². The molecule has 3 N–H and O–H groups in total. The van der Waals surface area contributed by atoms with E-state index >= 15 is 0 Å². The Kier molecular flexibility index (Phi) is 4.94. The Balaban J connectivity index is 2.04. The third kappa shape index (κ3) is 4.49. The van der Waals surface area contributed by atoms with Crippen molar-refractivity contribution in [3.05, 3.63) is 53.6 Å². The van der Waals surface area contributed by atoms with E-state index in [1.165, 1.54) is 0 Å². The Morgan fingerprint density at radius 3 is 2.39 bits per heavy atom. The summed E-state index contributed by atoms with van der Waals surface area (Å²) in [6.07, 6.45) is 0.676. The molecule has 2 rings (SSSR count). The summed E-state index contributed by atoms with van der Waals surface area (Å²) in [5, 5.41) is 22.4. The molecule has 122 valence electrons. The molecule has 0 saturated heterocycles. The molecular weight excluding hydrogens is 290 g/mol. The molecule has 0 radical (unpaired) electrons. The lowest BCUT2D eigenvalue weighted by Gasteiger charge is -2.20. The van der Waals surface area contributed by atoms with Crippen molar-refractivity contribution in [3.63, 3.8) is 0 Å². The standard InChI is InChI=1S/C19H23NO3/c1-19(2,3)14-9-10-17(22)15(12-14)20-18(23)11-8-13-6-4-5-7-16(13)21/h4-7,9-10,12,21-22H,8,11H2,1-3H3,(H,20,23). The normalized spacial score (nSPS) is 11.3. The third-order valence-electron chi connectivity index (χ3n) is 3.75. The number of carbonyl (C=O) groups is 1. The molecule has 0 aliphatic carbocycles. The van der Waals surface area contributed by atoms with E-state index in [2.05, 4.69) is 26.1 Å². The molecule has 0 fully saturated rings. The van der Waals surface area contributed by atoms with Gasteiger partial charge in [0.2, 0.25) is 5.91 Å². The summed E-state index contributed by atoms with van der Waals surface area (Å²) < 4.78 is 0. The second-order valence-corrected chi connectivity index (χ2v) is 6.66. The molecule has 0 spiro atoms. The second-order valence-electron chi connectivity index (χ2n) is 6.66. The van der Waals surface area contributed by atoms with Gasteiger partial charge in [-0.2, -0.15) is 0 Å². The van der Waals surface area contributed by atoms with Crippen LogP contribution in [0, 0.1) is 0 Å². The number of nitrogens with one attached hydrogen (secondary N) is 1. The number of aryl methyl sites for hydroxylation is 1. The molecule has 2 aromatic rings. The van der Waals surface area contributed by atoms with E-state index in [-0.39, 0.29) is 29.2 Å². The van der Waals surface area contributed by atoms with Gasteiger partial charge in [-0.1, -0.05) is 45.0 Å². The molecule has 2 aromatic carbocycles. The van der Waals surface area contributed by atoms with Gasteiger partial charge < -0.3 is 15.5 Å². The molecule has 0 bridgehead atoms. The van der Waals surface area contributed by atoms with Crippen molar-refractivity contribution in [2.45, 2.75) is 39.0 Å². The number of amides is 1. The fraction of sp³-hybridized carbons (Fsp3) is 0.316. The number of hydrogen-bond donors (Lipinski definition) is 3. The number of anilines is 1. The van der Waals surface area contributed by atoms with Gasteiger partial charge in [-0.25, -0.2) is 0 Å². The molecule has 23 heavy (non-hydrogen) atoms. The van der Waals surface area contributed by atoms with Crippen LogP contribution in [0.3, 0.4) is 0 Å². The molecule has 0 unspecified atom stereocenters. The summed E-state index contributed by atoms with van der Waals surface area (Å²) >= 11 is 0. The first kappa shape index (κ1) is 16.9. The van der Waals surface area contributed by atoms with Crippen LogP contribution in [-0.2, 0) is 16.6 Å². The SMILES string of the molecule is CC(C)(C)c1ccc(O)c(NC(=O)CCc2ccccc2O)c1. The maximum atomic E-state index is 12.1. The fourth-order valence-electron chi connectivity index (χ4n) is 2.29. The summed E-state index contributed by atoms with van der Waals surface area (Å²) in [5.74, 6) is 0.0430. The lowest BCUT2D eigenvalue weighted by atomic mass is 9.87. The quantitative estimate of drug-likeness (QED) is 0.748. The summed E-state index contributed by atoms with van der Waals surface area (Å²) in [6, 6.07) is 12.2. The number of phenols is 2. The number of phenolic OH excluding ortho intramolecular Hbond substituents is 2. The molecule has 0 saturated carbocycles. The monoisotopic (exact) mass is 313 g/mol. The van der Waals surface area contributed by atoms with Gasteiger partial charge in [0.25, 0.3) is 0 Å². The van der Waals surface area contributed by atoms with Gasteiger partial charge >= 0.3 is 0 Å². The van der Waals surface area contributed by atoms with Gasteiger partial charge in [0, 0.05) is 6.42 Å². The lowest BCUT2D eigenvalue weighted by Crippen LogP contribution is -2.15. The minimum Gasteiger partial charge on any atom is -0.508 e. The number of hydrogen-bond acceptors (Lipinski definition) is 3. The molecule has 0 atom stereocenters. The van der Waals surface area contributed by atoms with Crippen LogP contribution < -0.4 is 5.32 Å². The molecule has 4 heteroatoms. The Labute approximate surface area is 136 Å².